The molecule has 1 aliphatic rings. The molecule has 0 spiro atoms. The number of nitrogens with one attached hydrogen (secondary N) is 2. The number of carbonyl (C=O) groups is 1. The Hall–Kier alpha value is -1.66. The van der Waals surface area contributed by atoms with Gasteiger partial charge in [0, 0.05) is 6.54 Å². The third kappa shape index (κ3) is 6.47. The maximum absolute atomic E-state index is 12.7. The van der Waals surface area contributed by atoms with E-state index in [-0.39, 0.29) is 16.7 Å². The van der Waals surface area contributed by atoms with Crippen LogP contribution in [-0.2, 0) is 14.8 Å². The Morgan fingerprint density at radius 2 is 1.89 bits per heavy atom. The van der Waals surface area contributed by atoms with E-state index in [1.54, 1.807) is 24.3 Å². The van der Waals surface area contributed by atoms with Crippen molar-refractivity contribution in [3.8, 4) is 0 Å². The minimum atomic E-state index is -3.74. The summed E-state index contributed by atoms with van der Waals surface area (Å²) in [6, 6.07) is 5.87. The molecule has 2 atom stereocenters. The summed E-state index contributed by atoms with van der Waals surface area (Å²) in [6.45, 7) is 6.30. The summed E-state index contributed by atoms with van der Waals surface area (Å²) >= 11 is 0. The van der Waals surface area contributed by atoms with E-state index in [0.29, 0.717) is 13.0 Å². The largest absolute Gasteiger partial charge is 0.354 e. The molecular formula is C21H32N2O3S. The van der Waals surface area contributed by atoms with Crippen LogP contribution >= 0.6 is 0 Å². The van der Waals surface area contributed by atoms with Gasteiger partial charge in [-0.25, -0.2) is 8.42 Å². The summed E-state index contributed by atoms with van der Waals surface area (Å²) in [4.78, 5) is 12.9. The molecule has 5 nitrogen and oxygen atoms in total. The molecule has 1 amide bonds. The average molecular weight is 393 g/mol. The molecule has 1 aliphatic carbocycles. The molecule has 0 saturated heterocycles. The number of hydrogen-bond donors (Lipinski definition) is 2. The van der Waals surface area contributed by atoms with Gasteiger partial charge >= 0.3 is 0 Å². The first kappa shape index (κ1) is 21.6. The van der Waals surface area contributed by atoms with E-state index in [2.05, 4.69) is 16.1 Å². The Labute approximate surface area is 163 Å². The molecule has 2 rings (SSSR count). The molecule has 0 saturated carbocycles. The maximum atomic E-state index is 12.7. The highest BCUT2D eigenvalue weighted by Gasteiger charge is 2.29. The van der Waals surface area contributed by atoms with Crippen molar-refractivity contribution in [2.24, 2.45) is 5.92 Å². The molecule has 0 radical (unpaired) electrons. The Morgan fingerprint density at radius 1 is 1.19 bits per heavy atom. The topological polar surface area (TPSA) is 75.3 Å². The number of sulfonamides is 1. The highest BCUT2D eigenvalue weighted by Crippen LogP contribution is 2.19. The highest BCUT2D eigenvalue weighted by atomic mass is 32.2. The zero-order valence-corrected chi connectivity index (χ0v) is 17.4. The number of rotatable bonds is 9. The van der Waals surface area contributed by atoms with Crippen molar-refractivity contribution >= 4 is 15.9 Å². The first-order valence-corrected chi connectivity index (χ1v) is 11.4. The molecule has 2 N–H and O–H groups in total. The zero-order valence-electron chi connectivity index (χ0n) is 16.6. The first-order chi connectivity index (χ1) is 12.8. The summed E-state index contributed by atoms with van der Waals surface area (Å²) in [5, 5.41) is 2.92. The molecule has 0 fully saturated rings. The smallest absolute Gasteiger partial charge is 0.241 e. The van der Waals surface area contributed by atoms with Crippen LogP contribution in [0.4, 0.5) is 0 Å². The second-order valence-corrected chi connectivity index (χ2v) is 9.16. The predicted octanol–water partition coefficient (Wildman–Crippen LogP) is 3.69. The first-order valence-electron chi connectivity index (χ1n) is 9.88. The van der Waals surface area contributed by atoms with Crippen LogP contribution in [0.3, 0.4) is 0 Å². The van der Waals surface area contributed by atoms with Gasteiger partial charge in [0.1, 0.15) is 6.04 Å². The van der Waals surface area contributed by atoms with Gasteiger partial charge < -0.3 is 5.32 Å². The van der Waals surface area contributed by atoms with Crippen molar-refractivity contribution in [1.29, 1.82) is 0 Å². The van der Waals surface area contributed by atoms with Crippen molar-refractivity contribution in [3.63, 3.8) is 0 Å². The van der Waals surface area contributed by atoms with E-state index >= 15 is 0 Å². The second-order valence-electron chi connectivity index (χ2n) is 7.45. The van der Waals surface area contributed by atoms with Gasteiger partial charge in [-0.1, -0.05) is 49.6 Å². The highest BCUT2D eigenvalue weighted by molar-refractivity contribution is 7.89. The third-order valence-electron chi connectivity index (χ3n) is 5.24. The van der Waals surface area contributed by atoms with Gasteiger partial charge in [-0.2, -0.15) is 4.72 Å². The van der Waals surface area contributed by atoms with E-state index < -0.39 is 16.1 Å². The third-order valence-corrected chi connectivity index (χ3v) is 6.70. The molecule has 1 aromatic rings. The Kier molecular flexibility index (Phi) is 8.05. The fourth-order valence-electron chi connectivity index (χ4n) is 3.20. The summed E-state index contributed by atoms with van der Waals surface area (Å²) in [7, 11) is -3.74. The molecule has 0 heterocycles. The molecule has 0 aromatic heterocycles. The van der Waals surface area contributed by atoms with Crippen molar-refractivity contribution in [2.75, 3.05) is 6.54 Å². The minimum absolute atomic E-state index is 0.0980. The van der Waals surface area contributed by atoms with Crippen molar-refractivity contribution in [2.45, 2.75) is 70.2 Å². The van der Waals surface area contributed by atoms with Gasteiger partial charge in [-0.05, 0) is 57.1 Å². The van der Waals surface area contributed by atoms with Gasteiger partial charge in [-0.3, -0.25) is 4.79 Å². The molecule has 150 valence electrons. The zero-order chi connectivity index (χ0) is 19.9. The number of carbonyl (C=O) groups excluding carboxylic acids is 1. The van der Waals surface area contributed by atoms with Gasteiger partial charge in [-0.15, -0.1) is 0 Å². The van der Waals surface area contributed by atoms with Crippen molar-refractivity contribution < 1.29 is 13.2 Å². The lowest BCUT2D eigenvalue weighted by molar-refractivity contribution is -0.123. The Balaban J connectivity index is 2.01. The average Bonchev–Trinajstić information content (AvgIpc) is 2.66. The van der Waals surface area contributed by atoms with E-state index in [0.717, 1.165) is 24.8 Å². The fraction of sp³-hybridized carbons (Fsp3) is 0.571. The fourth-order valence-corrected chi connectivity index (χ4v) is 4.51. The lowest BCUT2D eigenvalue weighted by Crippen LogP contribution is -2.50. The molecule has 0 unspecified atom stereocenters. The van der Waals surface area contributed by atoms with Crippen molar-refractivity contribution in [1.82, 2.24) is 10.0 Å². The molecular weight excluding hydrogens is 360 g/mol. The Bertz CT molecular complexity index is 754. The van der Waals surface area contributed by atoms with Gasteiger partial charge in [0.15, 0.2) is 0 Å². The minimum Gasteiger partial charge on any atom is -0.354 e. The molecule has 6 heteroatoms. The number of allylic oxidation sites excluding steroid dienone is 1. The van der Waals surface area contributed by atoms with Gasteiger partial charge in [0.2, 0.25) is 15.9 Å². The maximum Gasteiger partial charge on any atom is 0.241 e. The molecule has 0 bridgehead atoms. The summed E-state index contributed by atoms with van der Waals surface area (Å²) in [5.74, 6) is -0.351. The lowest BCUT2D eigenvalue weighted by atomic mass is 9.97. The summed E-state index contributed by atoms with van der Waals surface area (Å²) in [5.41, 5.74) is 2.38. The van der Waals surface area contributed by atoms with Crippen LogP contribution in [0.15, 0.2) is 40.8 Å². The van der Waals surface area contributed by atoms with Crippen LogP contribution < -0.4 is 10.0 Å². The SMILES string of the molecule is CC[C@H](C)[C@H](NS(=O)(=O)c1ccc(C)cc1)C(=O)NCCC1=CCCCC1. The van der Waals surface area contributed by atoms with Gasteiger partial charge in [0.05, 0.1) is 4.90 Å². The van der Waals surface area contributed by atoms with Crippen LogP contribution in [-0.4, -0.2) is 26.9 Å². The van der Waals surface area contributed by atoms with Crippen LogP contribution in [0.25, 0.3) is 0 Å². The summed E-state index contributed by atoms with van der Waals surface area (Å²) in [6.07, 6.45) is 8.49. The van der Waals surface area contributed by atoms with Crippen LogP contribution in [0.5, 0.6) is 0 Å². The van der Waals surface area contributed by atoms with E-state index in [1.165, 1.54) is 18.4 Å². The van der Waals surface area contributed by atoms with Crippen LogP contribution in [0, 0.1) is 12.8 Å². The van der Waals surface area contributed by atoms with Gasteiger partial charge in [0.25, 0.3) is 0 Å². The predicted molar refractivity (Wildman–Crippen MR) is 109 cm³/mol. The summed E-state index contributed by atoms with van der Waals surface area (Å²) < 4.78 is 28.0. The Morgan fingerprint density at radius 3 is 2.48 bits per heavy atom. The van der Waals surface area contributed by atoms with E-state index in [9.17, 15) is 13.2 Å². The molecule has 0 aliphatic heterocycles. The monoisotopic (exact) mass is 392 g/mol. The number of aryl methyl sites for hydroxylation is 1. The number of benzene rings is 1. The molecule has 1 aromatic carbocycles. The van der Waals surface area contributed by atoms with Crippen LogP contribution in [0.1, 0.15) is 57.9 Å². The number of hydrogen-bond acceptors (Lipinski definition) is 3. The second kappa shape index (κ2) is 10.0. The van der Waals surface area contributed by atoms with Crippen molar-refractivity contribution in [3.05, 3.63) is 41.5 Å². The standard InChI is InChI=1S/C21H32N2O3S/c1-4-17(3)20(21(24)22-15-14-18-8-6-5-7-9-18)23-27(25,26)19-12-10-16(2)11-13-19/h8,10-13,17,20,23H,4-7,9,14-15H2,1-3H3,(H,22,24)/t17-,20-/m0/s1. The van der Waals surface area contributed by atoms with Crippen LogP contribution in [0.2, 0.25) is 0 Å². The van der Waals surface area contributed by atoms with E-state index in [4.69, 9.17) is 0 Å². The quantitative estimate of drug-likeness (QED) is 0.629. The lowest BCUT2D eigenvalue weighted by Gasteiger charge is -2.24. The van der Waals surface area contributed by atoms with E-state index in [1.807, 2.05) is 20.8 Å². The normalized spacial score (nSPS) is 17.1. The molecule has 27 heavy (non-hydrogen) atoms. The number of amides is 1.